The van der Waals surface area contributed by atoms with E-state index in [1.807, 2.05) is 6.92 Å². The molecule has 0 saturated heterocycles. The fourth-order valence-corrected chi connectivity index (χ4v) is 3.15. The Morgan fingerprint density at radius 2 is 1.56 bits per heavy atom. The van der Waals surface area contributed by atoms with Crippen LogP contribution in [0.15, 0.2) is 40.1 Å². The molecule has 1 heterocycles. The molecule has 0 bridgehead atoms. The molecule has 94 valence electrons. The molecule has 0 saturated carbocycles. The third-order valence-corrected chi connectivity index (χ3v) is 4.56. The van der Waals surface area contributed by atoms with Crippen molar-refractivity contribution in [3.63, 3.8) is 0 Å². The SMILES string of the molecule is Cc1ccc(S(=O)(=O)c2cc(C)nnc2C)cc1. The number of rotatable bonds is 2. The minimum atomic E-state index is -3.51. The Bertz CT molecular complexity index is 677. The Hall–Kier alpha value is -1.75. The highest BCUT2D eigenvalue weighted by molar-refractivity contribution is 7.91. The van der Waals surface area contributed by atoms with Gasteiger partial charge in [0.1, 0.15) is 0 Å². The number of hydrogen-bond acceptors (Lipinski definition) is 4. The minimum absolute atomic E-state index is 0.221. The van der Waals surface area contributed by atoms with E-state index in [1.165, 1.54) is 0 Å². The highest BCUT2D eigenvalue weighted by Gasteiger charge is 2.21. The lowest BCUT2D eigenvalue weighted by atomic mass is 10.2. The summed E-state index contributed by atoms with van der Waals surface area (Å²) in [5.41, 5.74) is 2.03. The monoisotopic (exact) mass is 262 g/mol. The second kappa shape index (κ2) is 4.49. The molecule has 0 radical (unpaired) electrons. The van der Waals surface area contributed by atoms with Crippen LogP contribution in [0.5, 0.6) is 0 Å². The van der Waals surface area contributed by atoms with Gasteiger partial charge in [0.2, 0.25) is 9.84 Å². The molecule has 4 nitrogen and oxygen atoms in total. The summed E-state index contributed by atoms with van der Waals surface area (Å²) in [6.07, 6.45) is 0. The molecule has 0 aliphatic carbocycles. The largest absolute Gasteiger partial charge is 0.218 e. The van der Waals surface area contributed by atoms with Crippen LogP contribution in [-0.4, -0.2) is 18.6 Å². The van der Waals surface area contributed by atoms with Crippen LogP contribution in [0.4, 0.5) is 0 Å². The summed E-state index contributed by atoms with van der Waals surface area (Å²) in [7, 11) is -3.51. The van der Waals surface area contributed by atoms with E-state index in [0.717, 1.165) is 5.56 Å². The molecule has 18 heavy (non-hydrogen) atoms. The number of aromatic nitrogens is 2. The molecule has 0 unspecified atom stereocenters. The topological polar surface area (TPSA) is 59.9 Å². The van der Waals surface area contributed by atoms with Crippen molar-refractivity contribution < 1.29 is 8.42 Å². The number of nitrogens with zero attached hydrogens (tertiary/aromatic N) is 2. The molecule has 0 fully saturated rings. The van der Waals surface area contributed by atoms with Crippen molar-refractivity contribution in [3.05, 3.63) is 47.3 Å². The van der Waals surface area contributed by atoms with Crippen LogP contribution in [0.3, 0.4) is 0 Å². The molecular weight excluding hydrogens is 248 g/mol. The molecule has 1 aromatic heterocycles. The van der Waals surface area contributed by atoms with E-state index in [4.69, 9.17) is 0 Å². The number of sulfone groups is 1. The Morgan fingerprint density at radius 1 is 0.944 bits per heavy atom. The van der Waals surface area contributed by atoms with Crippen molar-refractivity contribution in [2.45, 2.75) is 30.6 Å². The van der Waals surface area contributed by atoms with Gasteiger partial charge in [0.05, 0.1) is 21.2 Å². The second-order valence-electron chi connectivity index (χ2n) is 4.25. The van der Waals surface area contributed by atoms with Gasteiger partial charge in [-0.2, -0.15) is 10.2 Å². The number of aryl methyl sites for hydroxylation is 3. The van der Waals surface area contributed by atoms with Crippen LogP contribution >= 0.6 is 0 Å². The lowest BCUT2D eigenvalue weighted by Crippen LogP contribution is -2.07. The zero-order valence-corrected chi connectivity index (χ0v) is 11.3. The van der Waals surface area contributed by atoms with E-state index >= 15 is 0 Å². The van der Waals surface area contributed by atoms with Crippen molar-refractivity contribution >= 4 is 9.84 Å². The highest BCUT2D eigenvalue weighted by atomic mass is 32.2. The van der Waals surface area contributed by atoms with Gasteiger partial charge in [0.25, 0.3) is 0 Å². The van der Waals surface area contributed by atoms with Crippen molar-refractivity contribution in [1.29, 1.82) is 0 Å². The van der Waals surface area contributed by atoms with Gasteiger partial charge in [-0.1, -0.05) is 17.7 Å². The standard InChI is InChI=1S/C13H14N2O2S/c1-9-4-6-12(7-5-9)18(16,17)13-8-10(2)14-15-11(13)3/h4-8H,1-3H3. The molecular formula is C13H14N2O2S. The summed E-state index contributed by atoms with van der Waals surface area (Å²) < 4.78 is 24.9. The molecule has 2 rings (SSSR count). The first-order valence-electron chi connectivity index (χ1n) is 5.54. The quantitative estimate of drug-likeness (QED) is 0.832. The Kier molecular flexibility index (Phi) is 3.17. The van der Waals surface area contributed by atoms with Crippen LogP contribution in [0.2, 0.25) is 0 Å². The van der Waals surface area contributed by atoms with Crippen molar-refractivity contribution in [2.24, 2.45) is 0 Å². The first kappa shape index (κ1) is 12.7. The Balaban J connectivity index is 2.61. The zero-order chi connectivity index (χ0) is 13.3. The fourth-order valence-electron chi connectivity index (χ4n) is 1.64. The van der Waals surface area contributed by atoms with Crippen molar-refractivity contribution in [1.82, 2.24) is 10.2 Å². The van der Waals surface area contributed by atoms with Crippen LogP contribution in [0, 0.1) is 20.8 Å². The maximum absolute atomic E-state index is 12.5. The molecule has 0 spiro atoms. The summed E-state index contributed by atoms with van der Waals surface area (Å²) >= 11 is 0. The average molecular weight is 262 g/mol. The predicted molar refractivity (Wildman–Crippen MR) is 68.1 cm³/mol. The maximum Gasteiger partial charge on any atom is 0.208 e. The molecule has 0 aliphatic heterocycles. The molecule has 2 aromatic rings. The predicted octanol–water partition coefficient (Wildman–Crippen LogP) is 2.23. The molecule has 0 atom stereocenters. The molecule has 0 amide bonds. The molecule has 0 N–H and O–H groups in total. The van der Waals surface area contributed by atoms with E-state index in [9.17, 15) is 8.42 Å². The lowest BCUT2D eigenvalue weighted by molar-refractivity contribution is 0.594. The van der Waals surface area contributed by atoms with Crippen LogP contribution in [0.1, 0.15) is 17.0 Å². The molecule has 5 heteroatoms. The smallest absolute Gasteiger partial charge is 0.208 e. The van der Waals surface area contributed by atoms with E-state index in [2.05, 4.69) is 10.2 Å². The van der Waals surface area contributed by atoms with Crippen LogP contribution < -0.4 is 0 Å². The van der Waals surface area contributed by atoms with Gasteiger partial charge in [0, 0.05) is 0 Å². The Labute approximate surface area is 107 Å². The first-order chi connectivity index (χ1) is 8.41. The summed E-state index contributed by atoms with van der Waals surface area (Å²) in [4.78, 5) is 0.502. The third-order valence-electron chi connectivity index (χ3n) is 2.68. The zero-order valence-electron chi connectivity index (χ0n) is 10.5. The van der Waals surface area contributed by atoms with Crippen molar-refractivity contribution in [2.75, 3.05) is 0 Å². The second-order valence-corrected chi connectivity index (χ2v) is 6.17. The highest BCUT2D eigenvalue weighted by Crippen LogP contribution is 2.23. The average Bonchev–Trinajstić information content (AvgIpc) is 2.32. The van der Waals surface area contributed by atoms with E-state index in [0.29, 0.717) is 11.4 Å². The summed E-state index contributed by atoms with van der Waals surface area (Å²) in [5, 5.41) is 7.71. The first-order valence-corrected chi connectivity index (χ1v) is 7.02. The van der Waals surface area contributed by atoms with Gasteiger partial charge in [-0.3, -0.25) is 0 Å². The lowest BCUT2D eigenvalue weighted by Gasteiger charge is -2.07. The van der Waals surface area contributed by atoms with E-state index in [-0.39, 0.29) is 9.79 Å². The maximum atomic E-state index is 12.5. The van der Waals surface area contributed by atoms with Crippen molar-refractivity contribution in [3.8, 4) is 0 Å². The fraction of sp³-hybridized carbons (Fsp3) is 0.231. The van der Waals surface area contributed by atoms with Gasteiger partial charge in [-0.15, -0.1) is 0 Å². The molecule has 0 aliphatic rings. The summed E-state index contributed by atoms with van der Waals surface area (Å²) in [6.45, 7) is 5.29. The van der Waals surface area contributed by atoms with E-state index < -0.39 is 9.84 Å². The van der Waals surface area contributed by atoms with Gasteiger partial charge in [-0.25, -0.2) is 8.42 Å². The van der Waals surface area contributed by atoms with E-state index in [1.54, 1.807) is 44.2 Å². The molecule has 1 aromatic carbocycles. The number of benzene rings is 1. The van der Waals surface area contributed by atoms with Gasteiger partial charge in [0.15, 0.2) is 0 Å². The third kappa shape index (κ3) is 2.26. The normalized spacial score (nSPS) is 11.5. The number of hydrogen-bond donors (Lipinski definition) is 0. The van der Waals surface area contributed by atoms with Gasteiger partial charge in [-0.05, 0) is 39.0 Å². The minimum Gasteiger partial charge on any atom is -0.218 e. The van der Waals surface area contributed by atoms with Gasteiger partial charge >= 0.3 is 0 Å². The summed E-state index contributed by atoms with van der Waals surface area (Å²) in [5.74, 6) is 0. The van der Waals surface area contributed by atoms with Gasteiger partial charge < -0.3 is 0 Å². The Morgan fingerprint density at radius 3 is 2.17 bits per heavy atom. The summed E-state index contributed by atoms with van der Waals surface area (Å²) in [6, 6.07) is 8.34. The van der Waals surface area contributed by atoms with Crippen LogP contribution in [-0.2, 0) is 9.84 Å². The van der Waals surface area contributed by atoms with Crippen LogP contribution in [0.25, 0.3) is 0 Å².